The molecule has 0 aliphatic heterocycles. The highest BCUT2D eigenvalue weighted by Gasteiger charge is 2.67. The fourth-order valence-electron chi connectivity index (χ4n) is 3.74. The van der Waals surface area contributed by atoms with Gasteiger partial charge in [0.2, 0.25) is 5.91 Å². The zero-order chi connectivity index (χ0) is 22.6. The van der Waals surface area contributed by atoms with Crippen molar-refractivity contribution in [1.82, 2.24) is 0 Å². The Morgan fingerprint density at radius 2 is 1.71 bits per heavy atom. The van der Waals surface area contributed by atoms with E-state index >= 15 is 0 Å². The molecule has 0 aromatic heterocycles. The van der Waals surface area contributed by atoms with Crippen molar-refractivity contribution < 1.29 is 9.59 Å². The number of nitrogens with zero attached hydrogens (tertiary/aromatic N) is 1. The van der Waals surface area contributed by atoms with Crippen molar-refractivity contribution in [2.75, 3.05) is 5.32 Å². The average molecular weight is 517 g/mol. The molecule has 1 N–H and O–H groups in total. The van der Waals surface area contributed by atoms with Gasteiger partial charge < -0.3 is 5.32 Å². The first-order chi connectivity index (χ1) is 14.6. The molecule has 0 heterocycles. The lowest BCUT2D eigenvalue weighted by atomic mass is 9.96. The number of carbonyl (C=O) groups excluding carboxylic acids is 2. The first-order valence-electron chi connectivity index (χ1n) is 9.45. The number of carbonyl (C=O) groups is 2. The van der Waals surface area contributed by atoms with Gasteiger partial charge >= 0.3 is 0 Å². The molecule has 31 heavy (non-hydrogen) atoms. The van der Waals surface area contributed by atoms with Gasteiger partial charge in [0.1, 0.15) is 4.33 Å². The smallest absolute Gasteiger partial charge is 0.231 e. The molecule has 2 aromatic rings. The summed E-state index contributed by atoms with van der Waals surface area (Å²) < 4.78 is -1.31. The van der Waals surface area contributed by atoms with Crippen molar-refractivity contribution in [3.63, 3.8) is 0 Å². The summed E-state index contributed by atoms with van der Waals surface area (Å²) in [7, 11) is 0. The molecular formula is C22H15Cl5N2O2. The monoisotopic (exact) mass is 514 g/mol. The van der Waals surface area contributed by atoms with E-state index in [4.69, 9.17) is 58.0 Å². The highest BCUT2D eigenvalue weighted by molar-refractivity contribution is 6.53. The van der Waals surface area contributed by atoms with Crippen molar-refractivity contribution in [3.05, 3.63) is 62.6 Å². The molecule has 2 aromatic carbocycles. The van der Waals surface area contributed by atoms with Crippen LogP contribution < -0.4 is 5.32 Å². The van der Waals surface area contributed by atoms with E-state index in [-0.39, 0.29) is 22.8 Å². The molecule has 2 aliphatic rings. The van der Waals surface area contributed by atoms with E-state index in [1.165, 1.54) is 12.1 Å². The van der Waals surface area contributed by atoms with Crippen LogP contribution in [-0.2, 0) is 4.79 Å². The molecule has 2 fully saturated rings. The molecule has 0 bridgehead atoms. The summed E-state index contributed by atoms with van der Waals surface area (Å²) in [5.41, 5.74) is 0.730. The van der Waals surface area contributed by atoms with Gasteiger partial charge in [0.25, 0.3) is 0 Å². The molecule has 2 aliphatic carbocycles. The van der Waals surface area contributed by atoms with Gasteiger partial charge in [-0.05, 0) is 54.8 Å². The Morgan fingerprint density at radius 3 is 2.29 bits per heavy atom. The quantitative estimate of drug-likeness (QED) is 0.330. The van der Waals surface area contributed by atoms with Gasteiger partial charge in [0.05, 0.1) is 22.4 Å². The van der Waals surface area contributed by atoms with E-state index in [9.17, 15) is 14.9 Å². The maximum absolute atomic E-state index is 12.9. The zero-order valence-corrected chi connectivity index (χ0v) is 19.7. The third-order valence-electron chi connectivity index (χ3n) is 5.70. The standard InChI is InChI=1S/C22H15Cl5N2O2/c23-12-5-11(6-13(24)7-12)18-19(22(18,26)27)20(31)29-14-1-2-16(25)15(8-14)17(30)9-21(10-28)3-4-21/h1-2,5-8,18-19H,3-4,9H2,(H,29,31). The average Bonchev–Trinajstić information content (AvgIpc) is 3.57. The maximum Gasteiger partial charge on any atom is 0.231 e. The number of hydrogen-bond acceptors (Lipinski definition) is 3. The highest BCUT2D eigenvalue weighted by Crippen LogP contribution is 2.65. The van der Waals surface area contributed by atoms with Crippen LogP contribution in [0.5, 0.6) is 0 Å². The lowest BCUT2D eigenvalue weighted by molar-refractivity contribution is -0.117. The Kier molecular flexibility index (Phi) is 5.96. The summed E-state index contributed by atoms with van der Waals surface area (Å²) in [4.78, 5) is 25.5. The lowest BCUT2D eigenvalue weighted by Gasteiger charge is -2.10. The summed E-state index contributed by atoms with van der Waals surface area (Å²) >= 11 is 31.1. The summed E-state index contributed by atoms with van der Waals surface area (Å²) in [5.74, 6) is -1.84. The normalized spacial score (nSPS) is 22.3. The van der Waals surface area contributed by atoms with E-state index in [1.54, 1.807) is 24.3 Å². The largest absolute Gasteiger partial charge is 0.326 e. The number of hydrogen-bond donors (Lipinski definition) is 1. The lowest BCUT2D eigenvalue weighted by Crippen LogP contribution is -2.17. The fraction of sp³-hybridized carbons (Fsp3) is 0.318. The maximum atomic E-state index is 12.9. The molecule has 0 radical (unpaired) electrons. The van der Waals surface area contributed by atoms with Crippen LogP contribution in [0.3, 0.4) is 0 Å². The molecule has 0 saturated heterocycles. The van der Waals surface area contributed by atoms with Crippen LogP contribution in [-0.4, -0.2) is 16.0 Å². The van der Waals surface area contributed by atoms with E-state index in [0.717, 1.165) is 0 Å². The van der Waals surface area contributed by atoms with Crippen LogP contribution in [0.25, 0.3) is 0 Å². The molecule has 4 nitrogen and oxygen atoms in total. The summed E-state index contributed by atoms with van der Waals surface area (Å²) in [6, 6.07) is 11.8. The Labute approximate surface area is 204 Å². The number of Topliss-reactive ketones (excluding diaryl/α,β-unsaturated/α-hetero) is 1. The van der Waals surface area contributed by atoms with Crippen LogP contribution in [0.4, 0.5) is 5.69 Å². The highest BCUT2D eigenvalue weighted by atomic mass is 35.5. The SMILES string of the molecule is N#CC1(CC(=O)c2cc(NC(=O)C3C(c4cc(Cl)cc(Cl)c4)C3(Cl)Cl)ccc2Cl)CC1. The summed E-state index contributed by atoms with van der Waals surface area (Å²) in [6.45, 7) is 0. The molecule has 160 valence electrons. The van der Waals surface area contributed by atoms with Crippen molar-refractivity contribution in [1.29, 1.82) is 5.26 Å². The molecular weight excluding hydrogens is 502 g/mol. The first-order valence-corrected chi connectivity index (χ1v) is 11.3. The number of amides is 1. The van der Waals surface area contributed by atoms with E-state index in [2.05, 4.69) is 11.4 Å². The molecule has 2 unspecified atom stereocenters. The number of ketones is 1. The zero-order valence-electron chi connectivity index (χ0n) is 15.9. The van der Waals surface area contributed by atoms with E-state index in [1.807, 2.05) is 0 Å². The Bertz CT molecular complexity index is 1120. The molecule has 9 heteroatoms. The first kappa shape index (κ1) is 22.7. The van der Waals surface area contributed by atoms with E-state index < -0.39 is 27.5 Å². The summed E-state index contributed by atoms with van der Waals surface area (Å²) in [6.07, 6.45) is 1.51. The van der Waals surface area contributed by atoms with Crippen LogP contribution in [0.1, 0.15) is 41.1 Å². The number of anilines is 1. The number of halogens is 5. The van der Waals surface area contributed by atoms with Crippen molar-refractivity contribution >= 4 is 75.4 Å². The van der Waals surface area contributed by atoms with E-state index in [0.29, 0.717) is 34.1 Å². The number of benzene rings is 2. The molecule has 2 atom stereocenters. The fourth-order valence-corrected chi connectivity index (χ4v) is 5.33. The third-order valence-corrected chi connectivity index (χ3v) is 7.41. The predicted molar refractivity (Wildman–Crippen MR) is 123 cm³/mol. The third kappa shape index (κ3) is 4.53. The number of nitriles is 1. The Balaban J connectivity index is 1.51. The van der Waals surface area contributed by atoms with Crippen molar-refractivity contribution in [2.24, 2.45) is 11.3 Å². The van der Waals surface area contributed by atoms with Gasteiger partial charge in [-0.25, -0.2) is 0 Å². The van der Waals surface area contributed by atoms with Crippen molar-refractivity contribution in [2.45, 2.75) is 29.5 Å². The predicted octanol–water partition coefficient (Wildman–Crippen LogP) is 7.05. The molecule has 4 rings (SSSR count). The minimum atomic E-state index is -1.31. The Morgan fingerprint density at radius 1 is 1.06 bits per heavy atom. The minimum Gasteiger partial charge on any atom is -0.326 e. The number of rotatable bonds is 6. The second-order valence-corrected chi connectivity index (χ2v) is 10.7. The van der Waals surface area contributed by atoms with Gasteiger partial charge in [0, 0.05) is 33.6 Å². The van der Waals surface area contributed by atoms with Crippen LogP contribution >= 0.6 is 58.0 Å². The van der Waals surface area contributed by atoms with Crippen LogP contribution in [0.15, 0.2) is 36.4 Å². The second-order valence-electron chi connectivity index (χ2n) is 8.01. The van der Waals surface area contributed by atoms with Gasteiger partial charge in [0.15, 0.2) is 5.78 Å². The molecule has 0 spiro atoms. The summed E-state index contributed by atoms with van der Waals surface area (Å²) in [5, 5.41) is 13.1. The minimum absolute atomic E-state index is 0.104. The van der Waals surface area contributed by atoms with Gasteiger partial charge in [-0.3, -0.25) is 9.59 Å². The van der Waals surface area contributed by atoms with Crippen molar-refractivity contribution in [3.8, 4) is 6.07 Å². The second kappa shape index (κ2) is 8.14. The molecule has 2 saturated carbocycles. The molecule has 1 amide bonds. The van der Waals surface area contributed by atoms with Crippen LogP contribution in [0, 0.1) is 22.7 Å². The van der Waals surface area contributed by atoms with Gasteiger partial charge in [-0.15, -0.1) is 23.2 Å². The van der Waals surface area contributed by atoms with Gasteiger partial charge in [-0.2, -0.15) is 5.26 Å². The number of alkyl halides is 2. The topological polar surface area (TPSA) is 70.0 Å². The van der Waals surface area contributed by atoms with Gasteiger partial charge in [-0.1, -0.05) is 34.8 Å². The van der Waals surface area contributed by atoms with Crippen LogP contribution in [0.2, 0.25) is 15.1 Å². The number of nitrogens with one attached hydrogen (secondary N) is 1. The Hall–Kier alpha value is -1.48.